The smallest absolute Gasteiger partial charge is 0.420 e. The molecule has 110 valence electrons. The maximum Gasteiger partial charge on any atom is 0.420 e. The summed E-state index contributed by atoms with van der Waals surface area (Å²) in [5.74, 6) is -0.149. The molecule has 1 aromatic heterocycles. The topological polar surface area (TPSA) is 34.1 Å². The van der Waals surface area contributed by atoms with Crippen molar-refractivity contribution in [3.63, 3.8) is 0 Å². The van der Waals surface area contributed by atoms with Gasteiger partial charge in [0.25, 0.3) is 0 Å². The fraction of sp³-hybridized carbons (Fsp3) is 0.643. The highest BCUT2D eigenvalue weighted by Gasteiger charge is 2.46. The van der Waals surface area contributed by atoms with Gasteiger partial charge in [-0.1, -0.05) is 0 Å². The summed E-state index contributed by atoms with van der Waals surface area (Å²) in [7, 11) is 0. The SMILES string of the molecule is FC(F)(F)c1ccncc1OC1CC2(CCCNC2)C1. The first-order valence-electron chi connectivity index (χ1n) is 6.87. The van der Waals surface area contributed by atoms with Crippen LogP contribution in [0.2, 0.25) is 0 Å². The van der Waals surface area contributed by atoms with Crippen molar-refractivity contribution in [2.75, 3.05) is 13.1 Å². The first-order chi connectivity index (χ1) is 9.49. The Bertz CT molecular complexity index is 476. The van der Waals surface area contributed by atoms with Crippen LogP contribution in [0.4, 0.5) is 13.2 Å². The van der Waals surface area contributed by atoms with E-state index in [1.807, 2.05) is 0 Å². The molecule has 6 heteroatoms. The number of aromatic nitrogens is 1. The third-order valence-electron chi connectivity index (χ3n) is 4.27. The molecule has 0 bridgehead atoms. The number of hydrogen-bond donors (Lipinski definition) is 1. The third kappa shape index (κ3) is 2.61. The summed E-state index contributed by atoms with van der Waals surface area (Å²) in [5.41, 5.74) is -0.501. The molecule has 0 atom stereocenters. The van der Waals surface area contributed by atoms with Crippen molar-refractivity contribution < 1.29 is 17.9 Å². The molecule has 3 nitrogen and oxygen atoms in total. The lowest BCUT2D eigenvalue weighted by Crippen LogP contribution is -2.52. The molecule has 1 aromatic rings. The standard InChI is InChI=1S/C14H17F3N2O/c15-14(16,17)11-2-5-18-8-12(11)20-10-6-13(7-10)3-1-4-19-9-13/h2,5,8,10,19H,1,3-4,6-7,9H2. The monoisotopic (exact) mass is 286 g/mol. The molecule has 1 N–H and O–H groups in total. The van der Waals surface area contributed by atoms with Gasteiger partial charge in [0.2, 0.25) is 0 Å². The minimum atomic E-state index is -4.40. The average molecular weight is 286 g/mol. The molecule has 2 aliphatic rings. The van der Waals surface area contributed by atoms with Crippen LogP contribution < -0.4 is 10.1 Å². The van der Waals surface area contributed by atoms with Crippen LogP contribution in [-0.4, -0.2) is 24.2 Å². The molecule has 1 aliphatic heterocycles. The van der Waals surface area contributed by atoms with Gasteiger partial charge >= 0.3 is 6.18 Å². The molecule has 1 aliphatic carbocycles. The van der Waals surface area contributed by atoms with Crippen LogP contribution >= 0.6 is 0 Å². The zero-order valence-corrected chi connectivity index (χ0v) is 11.0. The van der Waals surface area contributed by atoms with Crippen LogP contribution in [0.1, 0.15) is 31.2 Å². The van der Waals surface area contributed by atoms with E-state index in [1.54, 1.807) is 0 Å². The summed E-state index contributed by atoms with van der Waals surface area (Å²) >= 11 is 0. The summed E-state index contributed by atoms with van der Waals surface area (Å²) < 4.78 is 44.1. The maximum atomic E-state index is 12.9. The van der Waals surface area contributed by atoms with E-state index in [2.05, 4.69) is 10.3 Å². The van der Waals surface area contributed by atoms with Crippen LogP contribution in [0, 0.1) is 5.41 Å². The number of ether oxygens (including phenoxy) is 1. The largest absolute Gasteiger partial charge is 0.488 e. The predicted molar refractivity (Wildman–Crippen MR) is 67.4 cm³/mol. The van der Waals surface area contributed by atoms with Gasteiger partial charge in [-0.25, -0.2) is 0 Å². The van der Waals surface area contributed by atoms with E-state index in [-0.39, 0.29) is 17.3 Å². The van der Waals surface area contributed by atoms with E-state index in [9.17, 15) is 13.2 Å². The summed E-state index contributed by atoms with van der Waals surface area (Å²) in [5, 5.41) is 3.35. The second kappa shape index (κ2) is 4.91. The molecular formula is C14H17F3N2O. The zero-order valence-electron chi connectivity index (χ0n) is 11.0. The Labute approximate surface area is 115 Å². The molecule has 0 radical (unpaired) electrons. The molecule has 1 saturated carbocycles. The van der Waals surface area contributed by atoms with E-state index in [4.69, 9.17) is 4.74 Å². The lowest BCUT2D eigenvalue weighted by Gasteiger charge is -2.49. The van der Waals surface area contributed by atoms with Gasteiger partial charge in [0.15, 0.2) is 0 Å². The number of piperidine rings is 1. The van der Waals surface area contributed by atoms with Crippen molar-refractivity contribution in [3.05, 3.63) is 24.0 Å². The summed E-state index contributed by atoms with van der Waals surface area (Å²) in [6.45, 7) is 1.99. The molecule has 2 heterocycles. The highest BCUT2D eigenvalue weighted by Crippen LogP contribution is 2.48. The minimum Gasteiger partial charge on any atom is -0.488 e. The third-order valence-corrected chi connectivity index (χ3v) is 4.27. The van der Waals surface area contributed by atoms with Gasteiger partial charge in [-0.15, -0.1) is 0 Å². The van der Waals surface area contributed by atoms with Crippen molar-refractivity contribution in [2.24, 2.45) is 5.41 Å². The van der Waals surface area contributed by atoms with Crippen LogP contribution in [0.25, 0.3) is 0 Å². The van der Waals surface area contributed by atoms with Crippen molar-refractivity contribution >= 4 is 0 Å². The lowest BCUT2D eigenvalue weighted by atomic mass is 9.63. The molecule has 3 rings (SSSR count). The number of pyridine rings is 1. The molecule has 1 saturated heterocycles. The average Bonchev–Trinajstić information content (AvgIpc) is 2.37. The number of nitrogens with one attached hydrogen (secondary N) is 1. The van der Waals surface area contributed by atoms with Crippen molar-refractivity contribution in [2.45, 2.75) is 38.0 Å². The Hall–Kier alpha value is -1.30. The number of halogens is 3. The van der Waals surface area contributed by atoms with E-state index in [0.717, 1.165) is 57.2 Å². The normalized spacial score (nSPS) is 30.1. The van der Waals surface area contributed by atoms with Gasteiger partial charge in [-0.2, -0.15) is 13.2 Å². The van der Waals surface area contributed by atoms with Crippen LogP contribution in [-0.2, 0) is 6.18 Å². The van der Waals surface area contributed by atoms with Gasteiger partial charge in [0.1, 0.15) is 11.3 Å². The number of hydrogen-bond acceptors (Lipinski definition) is 3. The van der Waals surface area contributed by atoms with Crippen LogP contribution in [0.15, 0.2) is 18.5 Å². The predicted octanol–water partition coefficient (Wildman–Crippen LogP) is 3.01. The van der Waals surface area contributed by atoms with Gasteiger partial charge in [-0.05, 0) is 43.7 Å². The molecule has 0 amide bonds. The number of nitrogens with zero attached hydrogens (tertiary/aromatic N) is 1. The molecular weight excluding hydrogens is 269 g/mol. The summed E-state index contributed by atoms with van der Waals surface area (Å²) in [6.07, 6.45) is 1.70. The van der Waals surface area contributed by atoms with Crippen molar-refractivity contribution in [1.82, 2.24) is 10.3 Å². The van der Waals surface area contributed by atoms with Crippen molar-refractivity contribution in [1.29, 1.82) is 0 Å². The van der Waals surface area contributed by atoms with E-state index in [1.165, 1.54) is 0 Å². The molecule has 1 spiro atoms. The first kappa shape index (κ1) is 13.7. The van der Waals surface area contributed by atoms with E-state index >= 15 is 0 Å². The number of alkyl halides is 3. The highest BCUT2D eigenvalue weighted by atomic mass is 19.4. The van der Waals surface area contributed by atoms with E-state index < -0.39 is 11.7 Å². The Balaban J connectivity index is 1.65. The van der Waals surface area contributed by atoms with Gasteiger partial charge in [0, 0.05) is 12.7 Å². The Morgan fingerprint density at radius 1 is 1.35 bits per heavy atom. The summed E-state index contributed by atoms with van der Waals surface area (Å²) in [4.78, 5) is 3.74. The minimum absolute atomic E-state index is 0.125. The molecule has 0 unspecified atom stereocenters. The molecule has 20 heavy (non-hydrogen) atoms. The Morgan fingerprint density at radius 2 is 2.15 bits per heavy atom. The second-order valence-electron chi connectivity index (χ2n) is 5.80. The Kier molecular flexibility index (Phi) is 3.36. The highest BCUT2D eigenvalue weighted by molar-refractivity contribution is 5.32. The Morgan fingerprint density at radius 3 is 2.80 bits per heavy atom. The van der Waals surface area contributed by atoms with Gasteiger partial charge in [0.05, 0.1) is 12.3 Å². The van der Waals surface area contributed by atoms with E-state index in [0.29, 0.717) is 0 Å². The first-order valence-corrected chi connectivity index (χ1v) is 6.87. The summed E-state index contributed by atoms with van der Waals surface area (Å²) in [6, 6.07) is 0.964. The van der Waals surface area contributed by atoms with Crippen LogP contribution in [0.3, 0.4) is 0 Å². The quantitative estimate of drug-likeness (QED) is 0.907. The maximum absolute atomic E-state index is 12.9. The van der Waals surface area contributed by atoms with Crippen LogP contribution in [0.5, 0.6) is 5.75 Å². The molecule has 0 aromatic carbocycles. The fourth-order valence-corrected chi connectivity index (χ4v) is 3.26. The van der Waals surface area contributed by atoms with Gasteiger partial charge in [-0.3, -0.25) is 4.98 Å². The van der Waals surface area contributed by atoms with Gasteiger partial charge < -0.3 is 10.1 Å². The zero-order chi connectivity index (χ0) is 14.2. The molecule has 2 fully saturated rings. The number of rotatable bonds is 2. The lowest BCUT2D eigenvalue weighted by molar-refractivity contribution is -0.140. The fourth-order valence-electron chi connectivity index (χ4n) is 3.26. The van der Waals surface area contributed by atoms with Crippen molar-refractivity contribution in [3.8, 4) is 5.75 Å². The second-order valence-corrected chi connectivity index (χ2v) is 5.80.